The maximum absolute atomic E-state index is 6.09. The lowest BCUT2D eigenvalue weighted by Crippen LogP contribution is -2.47. The minimum Gasteiger partial charge on any atom is -0.301 e. The van der Waals surface area contributed by atoms with Crippen LogP contribution in [0.4, 0.5) is 11.8 Å². The van der Waals surface area contributed by atoms with Gasteiger partial charge in [0.1, 0.15) is 5.02 Å². The van der Waals surface area contributed by atoms with Crippen LogP contribution in [-0.2, 0) is 0 Å². The van der Waals surface area contributed by atoms with Gasteiger partial charge in [0.2, 0.25) is 5.95 Å². The van der Waals surface area contributed by atoms with Crippen molar-refractivity contribution in [2.75, 3.05) is 10.9 Å². The topological polar surface area (TPSA) is 79.1 Å². The van der Waals surface area contributed by atoms with Gasteiger partial charge in [0.25, 0.3) is 0 Å². The van der Waals surface area contributed by atoms with Gasteiger partial charge in [0.05, 0.1) is 6.20 Å². The second kappa shape index (κ2) is 5.69. The average Bonchev–Trinajstić information content (AvgIpc) is 2.36. The molecule has 1 fully saturated rings. The third kappa shape index (κ3) is 2.82. The number of hydrogen-bond acceptors (Lipinski definition) is 6. The summed E-state index contributed by atoms with van der Waals surface area (Å²) in [5, 5.41) is 2.68. The molecular weight excluding hydrogens is 252 g/mol. The first kappa shape index (κ1) is 13.3. The van der Waals surface area contributed by atoms with Crippen LogP contribution in [0.25, 0.3) is 0 Å². The summed E-state index contributed by atoms with van der Waals surface area (Å²) in [6, 6.07) is 0.906. The number of hydrazine groups is 2. The molecule has 6 nitrogen and oxygen atoms in total. The van der Waals surface area contributed by atoms with Crippen LogP contribution >= 0.6 is 11.6 Å². The summed E-state index contributed by atoms with van der Waals surface area (Å²) in [5.41, 5.74) is 5.69. The third-order valence-corrected chi connectivity index (χ3v) is 3.58. The van der Waals surface area contributed by atoms with E-state index in [2.05, 4.69) is 39.7 Å². The Bertz CT molecular complexity index is 403. The molecule has 18 heavy (non-hydrogen) atoms. The fourth-order valence-corrected chi connectivity index (χ4v) is 2.41. The molecule has 2 rings (SSSR count). The molecule has 1 saturated heterocycles. The van der Waals surface area contributed by atoms with Gasteiger partial charge in [-0.25, -0.2) is 15.8 Å². The number of nitrogen functional groups attached to an aromatic ring is 1. The lowest BCUT2D eigenvalue weighted by atomic mass is 10.00. The van der Waals surface area contributed by atoms with E-state index in [-0.39, 0.29) is 0 Å². The van der Waals surface area contributed by atoms with E-state index >= 15 is 0 Å². The van der Waals surface area contributed by atoms with Gasteiger partial charge in [0, 0.05) is 12.1 Å². The number of aromatic nitrogens is 2. The number of anilines is 2. The van der Waals surface area contributed by atoms with Crippen LogP contribution in [0, 0.1) is 0 Å². The number of rotatable bonds is 3. The van der Waals surface area contributed by atoms with E-state index in [4.69, 9.17) is 17.4 Å². The molecular formula is C11H19ClN6. The Morgan fingerprint density at radius 1 is 1.39 bits per heavy atom. The smallest absolute Gasteiger partial charge is 0.239 e. The molecule has 1 aromatic heterocycles. The van der Waals surface area contributed by atoms with Crippen LogP contribution in [0.15, 0.2) is 6.20 Å². The highest BCUT2D eigenvalue weighted by molar-refractivity contribution is 6.32. The number of hydrogen-bond donors (Lipinski definition) is 3. The normalized spacial score (nSPS) is 24.9. The van der Waals surface area contributed by atoms with Gasteiger partial charge in [-0.15, -0.1) is 0 Å². The van der Waals surface area contributed by atoms with E-state index in [1.807, 2.05) is 0 Å². The molecule has 2 unspecified atom stereocenters. The Morgan fingerprint density at radius 2 is 2.06 bits per heavy atom. The Hall–Kier alpha value is -1.11. The first-order chi connectivity index (χ1) is 8.61. The van der Waals surface area contributed by atoms with Crippen molar-refractivity contribution < 1.29 is 0 Å². The number of nitrogens with two attached hydrogens (primary N) is 1. The fraction of sp³-hybridized carbons (Fsp3) is 0.636. The van der Waals surface area contributed by atoms with Crippen molar-refractivity contribution >= 4 is 23.4 Å². The zero-order valence-corrected chi connectivity index (χ0v) is 11.4. The summed E-state index contributed by atoms with van der Waals surface area (Å²) < 4.78 is 0. The molecule has 100 valence electrons. The second-order valence-corrected chi connectivity index (χ2v) is 5.09. The molecule has 0 aliphatic carbocycles. The fourth-order valence-electron chi connectivity index (χ4n) is 2.28. The molecule has 0 amide bonds. The number of piperidine rings is 1. The van der Waals surface area contributed by atoms with Crippen LogP contribution in [0.3, 0.4) is 0 Å². The first-order valence-electron chi connectivity index (χ1n) is 6.16. The highest BCUT2D eigenvalue weighted by atomic mass is 35.5. The van der Waals surface area contributed by atoms with Crippen molar-refractivity contribution in [2.45, 2.75) is 45.2 Å². The van der Waals surface area contributed by atoms with E-state index in [0.29, 0.717) is 28.9 Å². The quantitative estimate of drug-likeness (QED) is 0.576. The Morgan fingerprint density at radius 3 is 2.67 bits per heavy atom. The Labute approximate surface area is 112 Å². The molecule has 0 aromatic carbocycles. The highest BCUT2D eigenvalue weighted by Gasteiger charge is 2.25. The SMILES string of the molecule is CC1CCCC(C)N1Nc1nc(NN)ncc1Cl. The van der Waals surface area contributed by atoms with E-state index < -0.39 is 0 Å². The third-order valence-electron chi connectivity index (χ3n) is 3.30. The molecule has 4 N–H and O–H groups in total. The summed E-state index contributed by atoms with van der Waals surface area (Å²) >= 11 is 6.09. The van der Waals surface area contributed by atoms with Crippen molar-refractivity contribution in [3.8, 4) is 0 Å². The molecule has 2 heterocycles. The molecule has 0 bridgehead atoms. The minimum atomic E-state index is 0.346. The molecule has 7 heteroatoms. The lowest BCUT2D eigenvalue weighted by molar-refractivity contribution is 0.135. The van der Waals surface area contributed by atoms with Crippen LogP contribution in [0.1, 0.15) is 33.1 Å². The van der Waals surface area contributed by atoms with Gasteiger partial charge in [-0.1, -0.05) is 18.0 Å². The van der Waals surface area contributed by atoms with E-state index in [1.54, 1.807) is 0 Å². The molecule has 0 spiro atoms. The number of nitrogens with one attached hydrogen (secondary N) is 2. The van der Waals surface area contributed by atoms with Crippen molar-refractivity contribution in [2.24, 2.45) is 5.84 Å². The first-order valence-corrected chi connectivity index (χ1v) is 6.53. The van der Waals surface area contributed by atoms with Gasteiger partial charge in [-0.2, -0.15) is 4.98 Å². The van der Waals surface area contributed by atoms with Crippen LogP contribution in [-0.4, -0.2) is 27.1 Å². The summed E-state index contributed by atoms with van der Waals surface area (Å²) in [6.07, 6.45) is 5.13. The van der Waals surface area contributed by atoms with Crippen molar-refractivity contribution in [1.82, 2.24) is 15.0 Å². The highest BCUT2D eigenvalue weighted by Crippen LogP contribution is 2.26. The van der Waals surface area contributed by atoms with Crippen LogP contribution in [0.2, 0.25) is 5.02 Å². The zero-order valence-electron chi connectivity index (χ0n) is 10.7. The zero-order chi connectivity index (χ0) is 13.1. The predicted molar refractivity (Wildman–Crippen MR) is 73.1 cm³/mol. The van der Waals surface area contributed by atoms with Gasteiger partial charge in [0.15, 0.2) is 5.82 Å². The van der Waals surface area contributed by atoms with Crippen LogP contribution in [0.5, 0.6) is 0 Å². The number of nitrogens with zero attached hydrogens (tertiary/aromatic N) is 3. The summed E-state index contributed by atoms with van der Waals surface area (Å²) in [4.78, 5) is 8.17. The molecule has 1 aliphatic heterocycles. The van der Waals surface area contributed by atoms with Crippen molar-refractivity contribution in [3.63, 3.8) is 0 Å². The van der Waals surface area contributed by atoms with Crippen molar-refractivity contribution in [3.05, 3.63) is 11.2 Å². The Balaban J connectivity index is 2.16. The van der Waals surface area contributed by atoms with E-state index in [0.717, 1.165) is 0 Å². The molecule has 1 aromatic rings. The van der Waals surface area contributed by atoms with E-state index in [1.165, 1.54) is 25.5 Å². The number of halogens is 1. The van der Waals surface area contributed by atoms with Gasteiger partial charge in [-0.05, 0) is 26.7 Å². The maximum Gasteiger partial charge on any atom is 0.239 e. The molecule has 1 aliphatic rings. The predicted octanol–water partition coefficient (Wildman–Crippen LogP) is 2.01. The monoisotopic (exact) mass is 270 g/mol. The summed E-state index contributed by atoms with van der Waals surface area (Å²) in [6.45, 7) is 4.39. The minimum absolute atomic E-state index is 0.346. The van der Waals surface area contributed by atoms with Crippen molar-refractivity contribution in [1.29, 1.82) is 0 Å². The lowest BCUT2D eigenvalue weighted by Gasteiger charge is -2.39. The summed E-state index contributed by atoms with van der Waals surface area (Å²) in [7, 11) is 0. The van der Waals surface area contributed by atoms with Crippen LogP contribution < -0.4 is 16.7 Å². The molecule has 2 atom stereocenters. The van der Waals surface area contributed by atoms with Gasteiger partial charge >= 0.3 is 0 Å². The van der Waals surface area contributed by atoms with E-state index in [9.17, 15) is 0 Å². The Kier molecular flexibility index (Phi) is 4.21. The van der Waals surface area contributed by atoms with Gasteiger partial charge in [-0.3, -0.25) is 5.43 Å². The standard InChI is InChI=1S/C11H19ClN6/c1-7-4-3-5-8(2)18(7)17-10-9(12)6-14-11(15-10)16-13/h6-8H,3-5,13H2,1-2H3,(H2,14,15,16,17). The maximum atomic E-state index is 6.09. The molecule has 0 saturated carbocycles. The van der Waals surface area contributed by atoms with Gasteiger partial charge < -0.3 is 5.43 Å². The average molecular weight is 271 g/mol. The summed E-state index contributed by atoms with van der Waals surface area (Å²) in [5.74, 6) is 6.23. The molecule has 0 radical (unpaired) electrons. The largest absolute Gasteiger partial charge is 0.301 e. The second-order valence-electron chi connectivity index (χ2n) is 4.68.